The van der Waals surface area contributed by atoms with Gasteiger partial charge in [0.05, 0.1) is 5.56 Å². The van der Waals surface area contributed by atoms with Gasteiger partial charge in [0.25, 0.3) is 5.91 Å². The topological polar surface area (TPSA) is 35.6 Å². The number of rotatable bonds is 2. The second-order valence-electron chi connectivity index (χ2n) is 4.58. The maximum absolute atomic E-state index is 13.4. The van der Waals surface area contributed by atoms with Crippen LogP contribution < -0.4 is 5.43 Å². The van der Waals surface area contributed by atoms with E-state index in [1.54, 1.807) is 0 Å². The molecule has 1 aromatic carbocycles. The van der Waals surface area contributed by atoms with Crippen molar-refractivity contribution >= 4 is 18.3 Å². The predicted molar refractivity (Wildman–Crippen MR) is 70.1 cm³/mol. The molecule has 1 fully saturated rings. The monoisotopic (exact) mass is 327 g/mol. The zero-order chi connectivity index (χ0) is 14.9. The van der Waals surface area contributed by atoms with E-state index in [1.165, 1.54) is 5.01 Å². The minimum atomic E-state index is -1.99. The van der Waals surface area contributed by atoms with Crippen molar-refractivity contribution in [3.63, 3.8) is 0 Å². The van der Waals surface area contributed by atoms with Gasteiger partial charge in [-0.3, -0.25) is 10.2 Å². The summed E-state index contributed by atoms with van der Waals surface area (Å²) in [6, 6.07) is 0.346. The first-order valence-corrected chi connectivity index (χ1v) is 5.97. The molecule has 1 aliphatic heterocycles. The molecule has 0 radical (unpaired) electrons. The summed E-state index contributed by atoms with van der Waals surface area (Å²) in [7, 11) is 1.91. The molecule has 0 bridgehead atoms. The van der Waals surface area contributed by atoms with Crippen molar-refractivity contribution in [2.75, 3.05) is 33.2 Å². The number of hydrazine groups is 1. The first kappa shape index (κ1) is 17.7. The zero-order valence-electron chi connectivity index (χ0n) is 11.1. The SMILES string of the molecule is CN1CCN(NC(=O)c2cc(F)c(F)c(F)c2F)CC1.Cl. The van der Waals surface area contributed by atoms with Gasteiger partial charge in [-0.15, -0.1) is 12.4 Å². The van der Waals surface area contributed by atoms with E-state index in [2.05, 4.69) is 5.43 Å². The van der Waals surface area contributed by atoms with Gasteiger partial charge in [-0.2, -0.15) is 0 Å². The maximum Gasteiger partial charge on any atom is 0.268 e. The molecule has 118 valence electrons. The smallest absolute Gasteiger partial charge is 0.268 e. The van der Waals surface area contributed by atoms with Crippen LogP contribution in [0.15, 0.2) is 6.07 Å². The molecule has 0 saturated carbocycles. The van der Waals surface area contributed by atoms with Crippen LogP contribution >= 0.6 is 12.4 Å². The van der Waals surface area contributed by atoms with Crippen LogP contribution in [0.2, 0.25) is 0 Å². The van der Waals surface area contributed by atoms with Crippen molar-refractivity contribution < 1.29 is 22.4 Å². The van der Waals surface area contributed by atoms with Crippen LogP contribution in [-0.4, -0.2) is 49.0 Å². The summed E-state index contributed by atoms with van der Waals surface area (Å²) in [6.45, 7) is 2.37. The number of likely N-dealkylation sites (N-methyl/N-ethyl adjacent to an activating group) is 1. The van der Waals surface area contributed by atoms with Gasteiger partial charge < -0.3 is 4.90 Å². The molecule has 1 saturated heterocycles. The minimum absolute atomic E-state index is 0. The quantitative estimate of drug-likeness (QED) is 0.509. The lowest BCUT2D eigenvalue weighted by Crippen LogP contribution is -2.52. The highest BCUT2D eigenvalue weighted by Gasteiger charge is 2.24. The van der Waals surface area contributed by atoms with Crippen molar-refractivity contribution in [2.24, 2.45) is 0 Å². The summed E-state index contributed by atoms with van der Waals surface area (Å²) in [5.74, 6) is -8.24. The highest BCUT2D eigenvalue weighted by Crippen LogP contribution is 2.18. The molecule has 1 aliphatic rings. The van der Waals surface area contributed by atoms with Crippen molar-refractivity contribution in [3.8, 4) is 0 Å². The fraction of sp³-hybridized carbons (Fsp3) is 0.417. The Morgan fingerprint density at radius 3 is 2.19 bits per heavy atom. The summed E-state index contributed by atoms with van der Waals surface area (Å²) in [5, 5.41) is 1.51. The number of hydrogen-bond donors (Lipinski definition) is 1. The summed E-state index contributed by atoms with van der Waals surface area (Å²) >= 11 is 0. The van der Waals surface area contributed by atoms with Gasteiger partial charge in [-0.25, -0.2) is 22.6 Å². The van der Waals surface area contributed by atoms with E-state index in [0.717, 1.165) is 0 Å². The molecular weight excluding hydrogens is 314 g/mol. The molecule has 1 N–H and O–H groups in total. The van der Waals surface area contributed by atoms with E-state index in [4.69, 9.17) is 0 Å². The van der Waals surface area contributed by atoms with E-state index in [0.29, 0.717) is 32.2 Å². The number of halogens is 5. The molecule has 9 heteroatoms. The second-order valence-corrected chi connectivity index (χ2v) is 4.58. The van der Waals surface area contributed by atoms with Crippen molar-refractivity contribution in [3.05, 3.63) is 34.9 Å². The first-order valence-electron chi connectivity index (χ1n) is 5.97. The molecule has 0 aliphatic carbocycles. The van der Waals surface area contributed by atoms with Crippen molar-refractivity contribution in [2.45, 2.75) is 0 Å². The Morgan fingerprint density at radius 1 is 1.05 bits per heavy atom. The first-order chi connectivity index (χ1) is 9.40. The van der Waals surface area contributed by atoms with Crippen LogP contribution in [0.4, 0.5) is 17.6 Å². The predicted octanol–water partition coefficient (Wildman–Crippen LogP) is 1.56. The third-order valence-corrected chi connectivity index (χ3v) is 3.11. The fourth-order valence-electron chi connectivity index (χ4n) is 1.86. The molecule has 0 aromatic heterocycles. The summed E-state index contributed by atoms with van der Waals surface area (Å²) in [4.78, 5) is 13.8. The molecular formula is C12H14ClF4N3O. The van der Waals surface area contributed by atoms with Gasteiger partial charge in [0.15, 0.2) is 23.3 Å². The molecule has 1 aromatic rings. The van der Waals surface area contributed by atoms with E-state index in [1.807, 2.05) is 11.9 Å². The second kappa shape index (κ2) is 7.06. The third kappa shape index (κ3) is 3.84. The average Bonchev–Trinajstić information content (AvgIpc) is 2.43. The largest absolute Gasteiger partial charge is 0.304 e. The van der Waals surface area contributed by atoms with Crippen LogP contribution in [0.5, 0.6) is 0 Å². The Hall–Kier alpha value is -1.38. The summed E-state index contributed by atoms with van der Waals surface area (Å²) in [6.07, 6.45) is 0. The van der Waals surface area contributed by atoms with E-state index >= 15 is 0 Å². The number of hydrogen-bond acceptors (Lipinski definition) is 3. The van der Waals surface area contributed by atoms with Crippen molar-refractivity contribution in [1.29, 1.82) is 0 Å². The van der Waals surface area contributed by atoms with Gasteiger partial charge in [-0.05, 0) is 13.1 Å². The van der Waals surface area contributed by atoms with Crippen molar-refractivity contribution in [1.82, 2.24) is 15.3 Å². The lowest BCUT2D eigenvalue weighted by atomic mass is 10.2. The molecule has 1 amide bonds. The molecule has 1 heterocycles. The Kier molecular flexibility index (Phi) is 5.94. The lowest BCUT2D eigenvalue weighted by Gasteiger charge is -2.32. The van der Waals surface area contributed by atoms with Crippen LogP contribution in [-0.2, 0) is 0 Å². The zero-order valence-corrected chi connectivity index (χ0v) is 11.9. The minimum Gasteiger partial charge on any atom is -0.304 e. The Balaban J connectivity index is 0.00000220. The number of nitrogens with zero attached hydrogens (tertiary/aromatic N) is 2. The summed E-state index contributed by atoms with van der Waals surface area (Å²) < 4.78 is 52.3. The van der Waals surface area contributed by atoms with E-state index in [-0.39, 0.29) is 12.4 Å². The molecule has 4 nitrogen and oxygen atoms in total. The van der Waals surface area contributed by atoms with Crippen LogP contribution in [0.1, 0.15) is 10.4 Å². The number of carbonyl (C=O) groups is 1. The Bertz CT molecular complexity index is 536. The highest BCUT2D eigenvalue weighted by molar-refractivity contribution is 5.94. The van der Waals surface area contributed by atoms with E-state index < -0.39 is 34.7 Å². The van der Waals surface area contributed by atoms with Gasteiger partial charge in [0.2, 0.25) is 0 Å². The lowest BCUT2D eigenvalue weighted by molar-refractivity contribution is 0.0657. The molecule has 0 atom stereocenters. The summed E-state index contributed by atoms with van der Waals surface area (Å²) in [5.41, 5.74) is 1.48. The number of benzene rings is 1. The fourth-order valence-corrected chi connectivity index (χ4v) is 1.86. The van der Waals surface area contributed by atoms with Gasteiger partial charge in [0.1, 0.15) is 0 Å². The normalized spacial score (nSPS) is 16.4. The van der Waals surface area contributed by atoms with Crippen LogP contribution in [0, 0.1) is 23.3 Å². The molecule has 21 heavy (non-hydrogen) atoms. The van der Waals surface area contributed by atoms with Gasteiger partial charge in [-0.1, -0.05) is 0 Å². The number of carbonyl (C=O) groups excluding carboxylic acids is 1. The number of nitrogens with one attached hydrogen (secondary N) is 1. The number of amides is 1. The standard InChI is InChI=1S/C12H13F4N3O.ClH/c1-18-2-4-19(5-3-18)17-12(20)7-6-8(13)10(15)11(16)9(7)14;/h6H,2-5H2,1H3,(H,17,20);1H. The van der Waals surface area contributed by atoms with Gasteiger partial charge >= 0.3 is 0 Å². The number of piperazine rings is 1. The molecule has 0 unspecified atom stereocenters. The highest BCUT2D eigenvalue weighted by atomic mass is 35.5. The van der Waals surface area contributed by atoms with Crippen LogP contribution in [0.25, 0.3) is 0 Å². The molecule has 0 spiro atoms. The van der Waals surface area contributed by atoms with Gasteiger partial charge in [0, 0.05) is 26.2 Å². The molecule has 2 rings (SSSR count). The average molecular weight is 328 g/mol. The van der Waals surface area contributed by atoms with E-state index in [9.17, 15) is 22.4 Å². The van der Waals surface area contributed by atoms with Crippen LogP contribution in [0.3, 0.4) is 0 Å². The Labute approximate surface area is 125 Å². The maximum atomic E-state index is 13.4. The Morgan fingerprint density at radius 2 is 1.62 bits per heavy atom. The third-order valence-electron chi connectivity index (χ3n) is 3.11.